The molecule has 8 saturated carbocycles. The van der Waals surface area contributed by atoms with Crippen LogP contribution in [0.1, 0.15) is 417 Å². The number of hydrogen-bond donors (Lipinski definition) is 0. The average Bonchev–Trinajstić information content (AvgIpc) is 0.740. The molecular formula is C102H193N3. The summed E-state index contributed by atoms with van der Waals surface area (Å²) in [5.41, 5.74) is 15.0. The molecule has 3 heteroatoms. The van der Waals surface area contributed by atoms with Crippen molar-refractivity contribution < 1.29 is 0 Å². The molecule has 1 aromatic rings. The zero-order chi connectivity index (χ0) is 80.2. The molecule has 1 aliphatic heterocycles. The van der Waals surface area contributed by atoms with E-state index in [0.717, 1.165) is 96.2 Å². The lowest BCUT2D eigenvalue weighted by atomic mass is 9.41. The second-order valence-electron chi connectivity index (χ2n) is 53.0. The summed E-state index contributed by atoms with van der Waals surface area (Å²) in [5.74, 6) is 14.6. The quantitative estimate of drug-likeness (QED) is 0.121. The van der Waals surface area contributed by atoms with Crippen LogP contribution in [0.2, 0.25) is 0 Å². The van der Waals surface area contributed by atoms with E-state index in [9.17, 15) is 0 Å². The summed E-state index contributed by atoms with van der Waals surface area (Å²) >= 11 is 0. The van der Waals surface area contributed by atoms with Gasteiger partial charge in [-0.1, -0.05) is 249 Å². The summed E-state index contributed by atoms with van der Waals surface area (Å²) in [7, 11) is 0. The van der Waals surface area contributed by atoms with Crippen LogP contribution in [0.25, 0.3) is 0 Å². The van der Waals surface area contributed by atoms with E-state index in [2.05, 4.69) is 285 Å². The summed E-state index contributed by atoms with van der Waals surface area (Å²) in [6.45, 7) is 103. The fraction of sp³-hybridized carbons (Fsp3) is 0.941. The van der Waals surface area contributed by atoms with Crippen LogP contribution in [-0.4, -0.2) is 60.8 Å². The molecule has 0 N–H and O–H groups in total. The largest absolute Gasteiger partial charge is 0.289 e. The molecule has 616 valence electrons. The third kappa shape index (κ3) is 33.6. The first-order valence-electron chi connectivity index (χ1n) is 45.5. The molecule has 1 heterocycles. The molecule has 8 bridgehead atoms. The first-order valence-corrected chi connectivity index (χ1v) is 45.5. The minimum Gasteiger partial charge on any atom is -0.289 e. The lowest BCUT2D eigenvalue weighted by molar-refractivity contribution is -0.154. The van der Waals surface area contributed by atoms with Crippen LogP contribution >= 0.6 is 0 Å². The van der Waals surface area contributed by atoms with Gasteiger partial charge in [-0.05, 0) is 369 Å². The standard InChI is InChI=1S/C28H52.C27H48.C25H46.C22H47N3/c1-26(2,3)13-10-20-23-16-19-17-24(20)22(12-15-28(7,8)9)25(18-19)21(23)11-14-27(4,5)6;1-19-22(13-16-25(4,5)6)20(2)24(15-18-27(10,11)12)21(3)23(19)14-17-26(7,8)9;1-23(2,3)13-20-17-10-16-11-18(20)22(15-25(7,8)9)19(12-16)21(17)14-24(4,5)6;1-20(2,3)10-13-23-16-17-24(14-11-21(4,5)6)19-25(18-23)15-12-22(7,8)9/h19-25H,10-18H2,1-9H3;13-18H2,1-12H3;16-22H,10-15H2,1-9H3;10-19H2,1-9H3. The fourth-order valence-electron chi connectivity index (χ4n) is 21.9. The second-order valence-corrected chi connectivity index (χ2v) is 53.0. The monoisotopic (exact) mass is 1460 g/mol. The Morgan fingerprint density at radius 3 is 0.610 bits per heavy atom. The second kappa shape index (κ2) is 36.7. The van der Waals surface area contributed by atoms with Gasteiger partial charge in [-0.3, -0.25) is 14.7 Å². The van der Waals surface area contributed by atoms with Gasteiger partial charge >= 0.3 is 0 Å². The van der Waals surface area contributed by atoms with Gasteiger partial charge in [0.15, 0.2) is 0 Å². The van der Waals surface area contributed by atoms with Crippen molar-refractivity contribution in [3.05, 3.63) is 33.4 Å². The van der Waals surface area contributed by atoms with Crippen LogP contribution in [-0.2, 0) is 19.3 Å². The molecule has 1 saturated heterocycles. The first-order chi connectivity index (χ1) is 47.2. The molecule has 0 radical (unpaired) electrons. The average molecular weight is 1460 g/mol. The first kappa shape index (κ1) is 94.7. The van der Waals surface area contributed by atoms with E-state index in [1.807, 2.05) is 0 Å². The molecule has 0 spiro atoms. The molecule has 3 nitrogen and oxygen atoms in total. The van der Waals surface area contributed by atoms with Gasteiger partial charge in [0, 0.05) is 19.6 Å². The Kier molecular flexibility index (Phi) is 33.1. The van der Waals surface area contributed by atoms with Crippen LogP contribution in [0, 0.1) is 169 Å². The number of hydrogen-bond acceptors (Lipinski definition) is 3. The molecular weight excluding hydrogens is 1270 g/mol. The van der Waals surface area contributed by atoms with Crippen molar-refractivity contribution in [1.82, 2.24) is 14.7 Å². The summed E-state index contributed by atoms with van der Waals surface area (Å²) in [6, 6.07) is 0. The molecule has 0 unspecified atom stereocenters. The van der Waals surface area contributed by atoms with Gasteiger partial charge in [0.05, 0.1) is 13.3 Å². The molecule has 9 aliphatic rings. The van der Waals surface area contributed by atoms with Crippen molar-refractivity contribution in [1.29, 1.82) is 0 Å². The molecule has 1 aromatic carbocycles. The summed E-state index contributed by atoms with van der Waals surface area (Å²) < 4.78 is 0. The zero-order valence-electron chi connectivity index (χ0n) is 79.3. The summed E-state index contributed by atoms with van der Waals surface area (Å²) in [6.07, 6.45) is 33.9. The Morgan fingerprint density at radius 2 is 0.419 bits per heavy atom. The summed E-state index contributed by atoms with van der Waals surface area (Å²) in [4.78, 5) is 8.06. The highest BCUT2D eigenvalue weighted by Crippen LogP contribution is 2.68. The van der Waals surface area contributed by atoms with Gasteiger partial charge in [0.1, 0.15) is 0 Å². The van der Waals surface area contributed by atoms with Crippen molar-refractivity contribution in [3.8, 4) is 0 Å². The third-order valence-corrected chi connectivity index (χ3v) is 27.6. The van der Waals surface area contributed by atoms with E-state index < -0.39 is 0 Å². The van der Waals surface area contributed by atoms with E-state index in [-0.39, 0.29) is 0 Å². The van der Waals surface area contributed by atoms with E-state index in [1.54, 1.807) is 71.9 Å². The normalized spacial score (nSPS) is 28.3. The van der Waals surface area contributed by atoms with Gasteiger partial charge in [-0.25, -0.2) is 0 Å². The van der Waals surface area contributed by atoms with E-state index in [0.29, 0.717) is 65.0 Å². The lowest BCUT2D eigenvalue weighted by Crippen LogP contribution is -2.57. The SMILES string of the molecule is CC(C)(C)CC1C2CC3CC1C(CC(C)(C)C)C(C3)C2CC(C)(C)C.CC(C)(C)CCC1C2CC3CC1C(CCC(C)(C)C)C(C3)C2CCC(C)(C)C.CC(C)(C)CCN1CCN(CCC(C)(C)C)CN(CCC(C)(C)C)C1.Cc1c(CCC(C)(C)C)c(C)c(CCC(C)(C)C)c(C)c1CCC(C)(C)C. The van der Waals surface area contributed by atoms with Crippen molar-refractivity contribution in [2.75, 3.05) is 46.1 Å². The lowest BCUT2D eigenvalue weighted by Gasteiger charge is -2.64. The maximum Gasteiger partial charge on any atom is 0.0518 e. The number of nitrogens with zero attached hydrogens (tertiary/aromatic N) is 3. The Morgan fingerprint density at radius 1 is 0.229 bits per heavy atom. The van der Waals surface area contributed by atoms with Crippen molar-refractivity contribution in [3.63, 3.8) is 0 Å². The van der Waals surface area contributed by atoms with Crippen LogP contribution < -0.4 is 0 Å². The van der Waals surface area contributed by atoms with E-state index in [4.69, 9.17) is 0 Å². The number of rotatable bonds is 21. The maximum atomic E-state index is 2.69. The van der Waals surface area contributed by atoms with Crippen LogP contribution in [0.5, 0.6) is 0 Å². The Hall–Kier alpha value is -0.900. The van der Waals surface area contributed by atoms with Crippen LogP contribution in [0.15, 0.2) is 0 Å². The molecule has 0 aromatic heterocycles. The van der Waals surface area contributed by atoms with E-state index >= 15 is 0 Å². The van der Waals surface area contributed by atoms with Gasteiger partial charge in [0.25, 0.3) is 0 Å². The molecule has 0 amide bonds. The molecule has 8 aliphatic carbocycles. The maximum absolute atomic E-state index is 2.69. The van der Waals surface area contributed by atoms with Gasteiger partial charge < -0.3 is 0 Å². The van der Waals surface area contributed by atoms with Gasteiger partial charge in [0.2, 0.25) is 0 Å². The van der Waals surface area contributed by atoms with Crippen LogP contribution in [0.4, 0.5) is 0 Å². The third-order valence-electron chi connectivity index (χ3n) is 27.6. The van der Waals surface area contributed by atoms with Gasteiger partial charge in [-0.15, -0.1) is 0 Å². The Labute approximate surface area is 662 Å². The van der Waals surface area contributed by atoms with Crippen molar-refractivity contribution in [2.45, 2.75) is 424 Å². The summed E-state index contributed by atoms with van der Waals surface area (Å²) in [5, 5.41) is 0. The van der Waals surface area contributed by atoms with Crippen molar-refractivity contribution >= 4 is 0 Å². The van der Waals surface area contributed by atoms with Gasteiger partial charge in [-0.2, -0.15) is 0 Å². The predicted molar refractivity (Wildman–Crippen MR) is 471 cm³/mol. The highest BCUT2D eigenvalue weighted by atomic mass is 15.4. The molecule has 0 atom stereocenters. The number of benzene rings is 1. The molecule has 9 fully saturated rings. The van der Waals surface area contributed by atoms with Crippen molar-refractivity contribution in [2.24, 2.45) is 148 Å². The minimum absolute atomic E-state index is 0.390. The topological polar surface area (TPSA) is 9.72 Å². The molecule has 10 rings (SSSR count). The minimum atomic E-state index is 0.390. The fourth-order valence-corrected chi connectivity index (χ4v) is 21.9. The highest BCUT2D eigenvalue weighted by molar-refractivity contribution is 5.51. The Bertz CT molecular complexity index is 2410. The molecule has 105 heavy (non-hydrogen) atoms. The zero-order valence-corrected chi connectivity index (χ0v) is 79.3. The van der Waals surface area contributed by atoms with E-state index in [1.165, 1.54) is 148 Å². The smallest absolute Gasteiger partial charge is 0.0518 e. The van der Waals surface area contributed by atoms with Crippen LogP contribution in [0.3, 0.4) is 0 Å². The Balaban J connectivity index is 0.000000252. The predicted octanol–water partition coefficient (Wildman–Crippen LogP) is 30.5. The highest BCUT2D eigenvalue weighted by Gasteiger charge is 2.60.